The van der Waals surface area contributed by atoms with Crippen molar-refractivity contribution in [3.8, 4) is 0 Å². The summed E-state index contributed by atoms with van der Waals surface area (Å²) in [5, 5.41) is 0. The predicted molar refractivity (Wildman–Crippen MR) is 77.5 cm³/mol. The van der Waals surface area contributed by atoms with E-state index >= 15 is 0 Å². The number of halogens is 1. The van der Waals surface area contributed by atoms with Gasteiger partial charge in [-0.05, 0) is 50.6 Å². The zero-order valence-electron chi connectivity index (χ0n) is 11.8. The number of hydrogen-bond acceptors (Lipinski definition) is 3. The number of anilines is 1. The third kappa shape index (κ3) is 2.64. The zero-order valence-corrected chi connectivity index (χ0v) is 11.8. The van der Waals surface area contributed by atoms with Gasteiger partial charge in [-0.1, -0.05) is 0 Å². The summed E-state index contributed by atoms with van der Waals surface area (Å²) in [5.74, 6) is 1.10. The van der Waals surface area contributed by atoms with Crippen molar-refractivity contribution in [2.75, 3.05) is 18.0 Å². The van der Waals surface area contributed by atoms with E-state index < -0.39 is 0 Å². The SMILES string of the molecule is Cc1cc(C)nc([C@H]2CCN(c3ccc(F)cc3)C2)n1. The van der Waals surface area contributed by atoms with Crippen LogP contribution in [-0.4, -0.2) is 23.1 Å². The fourth-order valence-corrected chi connectivity index (χ4v) is 2.79. The lowest BCUT2D eigenvalue weighted by Crippen LogP contribution is -2.19. The Kier molecular flexibility index (Phi) is 3.38. The van der Waals surface area contributed by atoms with E-state index in [1.165, 1.54) is 12.1 Å². The summed E-state index contributed by atoms with van der Waals surface area (Å²) in [6.45, 7) is 5.87. The van der Waals surface area contributed by atoms with Crippen LogP contribution < -0.4 is 4.90 Å². The van der Waals surface area contributed by atoms with Crippen molar-refractivity contribution in [3.63, 3.8) is 0 Å². The van der Waals surface area contributed by atoms with Gasteiger partial charge in [-0.15, -0.1) is 0 Å². The highest BCUT2D eigenvalue weighted by Gasteiger charge is 2.26. The smallest absolute Gasteiger partial charge is 0.133 e. The second-order valence-electron chi connectivity index (χ2n) is 5.42. The first-order valence-corrected chi connectivity index (χ1v) is 6.94. The minimum Gasteiger partial charge on any atom is -0.371 e. The summed E-state index contributed by atoms with van der Waals surface area (Å²) in [6, 6.07) is 8.68. The number of nitrogens with zero attached hydrogens (tertiary/aromatic N) is 3. The molecular formula is C16H18FN3. The molecule has 2 aromatic rings. The summed E-state index contributed by atoms with van der Waals surface area (Å²) in [4.78, 5) is 11.4. The van der Waals surface area contributed by atoms with Gasteiger partial charge in [0.2, 0.25) is 0 Å². The van der Waals surface area contributed by atoms with Crippen LogP contribution in [0.3, 0.4) is 0 Å². The molecule has 104 valence electrons. The molecule has 20 heavy (non-hydrogen) atoms. The number of hydrogen-bond donors (Lipinski definition) is 0. The van der Waals surface area contributed by atoms with Crippen LogP contribution in [0.25, 0.3) is 0 Å². The van der Waals surface area contributed by atoms with E-state index in [0.29, 0.717) is 5.92 Å². The van der Waals surface area contributed by atoms with E-state index in [1.807, 2.05) is 32.0 Å². The molecule has 1 fully saturated rings. The molecule has 4 heteroatoms. The molecule has 0 N–H and O–H groups in total. The summed E-state index contributed by atoms with van der Waals surface area (Å²) < 4.78 is 13.0. The standard InChI is InChI=1S/C16H18FN3/c1-11-9-12(2)19-16(18-11)13-7-8-20(10-13)15-5-3-14(17)4-6-15/h3-6,9,13H,7-8,10H2,1-2H3/t13-/m0/s1. The lowest BCUT2D eigenvalue weighted by atomic mass is 10.1. The van der Waals surface area contributed by atoms with Crippen LogP contribution in [0, 0.1) is 19.7 Å². The van der Waals surface area contributed by atoms with Crippen LogP contribution in [0.15, 0.2) is 30.3 Å². The van der Waals surface area contributed by atoms with E-state index in [9.17, 15) is 4.39 Å². The van der Waals surface area contributed by atoms with Gasteiger partial charge in [0.05, 0.1) is 0 Å². The minimum absolute atomic E-state index is 0.192. The van der Waals surface area contributed by atoms with Crippen molar-refractivity contribution in [1.29, 1.82) is 0 Å². The second kappa shape index (κ2) is 5.19. The molecule has 0 unspecified atom stereocenters. The molecule has 0 bridgehead atoms. The molecule has 1 atom stereocenters. The number of benzene rings is 1. The van der Waals surface area contributed by atoms with Gasteiger partial charge >= 0.3 is 0 Å². The Morgan fingerprint density at radius 2 is 1.75 bits per heavy atom. The summed E-state index contributed by atoms with van der Waals surface area (Å²) >= 11 is 0. The minimum atomic E-state index is -0.192. The highest BCUT2D eigenvalue weighted by Crippen LogP contribution is 2.29. The highest BCUT2D eigenvalue weighted by atomic mass is 19.1. The van der Waals surface area contributed by atoms with Gasteiger partial charge in [-0.25, -0.2) is 14.4 Å². The second-order valence-corrected chi connectivity index (χ2v) is 5.42. The van der Waals surface area contributed by atoms with Gasteiger partial charge in [-0.3, -0.25) is 0 Å². The third-order valence-electron chi connectivity index (χ3n) is 3.74. The van der Waals surface area contributed by atoms with Crippen molar-refractivity contribution in [2.24, 2.45) is 0 Å². The maximum atomic E-state index is 13.0. The first-order chi connectivity index (χ1) is 9.61. The van der Waals surface area contributed by atoms with Crippen LogP contribution in [0.1, 0.15) is 29.6 Å². The fourth-order valence-electron chi connectivity index (χ4n) is 2.79. The summed E-state index contributed by atoms with van der Waals surface area (Å²) in [5.41, 5.74) is 3.11. The average Bonchev–Trinajstić information content (AvgIpc) is 2.88. The van der Waals surface area contributed by atoms with Gasteiger partial charge in [0.25, 0.3) is 0 Å². The third-order valence-corrected chi connectivity index (χ3v) is 3.74. The Bertz CT molecular complexity index is 589. The molecule has 1 aliphatic heterocycles. The average molecular weight is 271 g/mol. The molecule has 0 aliphatic carbocycles. The van der Waals surface area contributed by atoms with E-state index in [4.69, 9.17) is 0 Å². The largest absolute Gasteiger partial charge is 0.371 e. The Morgan fingerprint density at radius 3 is 2.40 bits per heavy atom. The maximum Gasteiger partial charge on any atom is 0.133 e. The molecule has 0 amide bonds. The zero-order chi connectivity index (χ0) is 14.1. The van der Waals surface area contributed by atoms with Crippen LogP contribution in [0.4, 0.5) is 10.1 Å². The molecule has 0 radical (unpaired) electrons. The fraction of sp³-hybridized carbons (Fsp3) is 0.375. The highest BCUT2D eigenvalue weighted by molar-refractivity contribution is 5.47. The van der Waals surface area contributed by atoms with Crippen LogP contribution in [0.5, 0.6) is 0 Å². The van der Waals surface area contributed by atoms with Crippen molar-refractivity contribution < 1.29 is 4.39 Å². The van der Waals surface area contributed by atoms with Crippen LogP contribution in [-0.2, 0) is 0 Å². The molecule has 1 aromatic heterocycles. The van der Waals surface area contributed by atoms with Gasteiger partial charge in [-0.2, -0.15) is 0 Å². The normalized spacial score (nSPS) is 18.6. The summed E-state index contributed by atoms with van der Waals surface area (Å²) in [6.07, 6.45) is 1.04. The molecule has 1 aliphatic rings. The quantitative estimate of drug-likeness (QED) is 0.839. The summed E-state index contributed by atoms with van der Waals surface area (Å²) in [7, 11) is 0. The Balaban J connectivity index is 1.77. The molecule has 3 rings (SSSR count). The van der Waals surface area contributed by atoms with Crippen molar-refractivity contribution in [2.45, 2.75) is 26.2 Å². The number of aromatic nitrogens is 2. The van der Waals surface area contributed by atoms with Gasteiger partial charge in [0.1, 0.15) is 11.6 Å². The number of rotatable bonds is 2. The molecule has 2 heterocycles. The van der Waals surface area contributed by atoms with E-state index in [-0.39, 0.29) is 5.82 Å². The molecular weight excluding hydrogens is 253 g/mol. The van der Waals surface area contributed by atoms with E-state index in [1.54, 1.807) is 0 Å². The predicted octanol–water partition coefficient (Wildman–Crippen LogP) is 3.23. The van der Waals surface area contributed by atoms with E-state index in [0.717, 1.165) is 42.4 Å². The van der Waals surface area contributed by atoms with Gasteiger partial charge in [0, 0.05) is 36.1 Å². The Hall–Kier alpha value is -1.97. The van der Waals surface area contributed by atoms with Gasteiger partial charge < -0.3 is 4.90 Å². The Labute approximate surface area is 118 Å². The first kappa shape index (κ1) is 13.0. The van der Waals surface area contributed by atoms with Gasteiger partial charge in [0.15, 0.2) is 0 Å². The van der Waals surface area contributed by atoms with Crippen LogP contribution in [0.2, 0.25) is 0 Å². The lowest BCUT2D eigenvalue weighted by molar-refractivity contribution is 0.627. The monoisotopic (exact) mass is 271 g/mol. The first-order valence-electron chi connectivity index (χ1n) is 6.94. The molecule has 1 aromatic carbocycles. The van der Waals surface area contributed by atoms with Crippen molar-refractivity contribution in [3.05, 3.63) is 53.4 Å². The molecule has 1 saturated heterocycles. The van der Waals surface area contributed by atoms with Crippen molar-refractivity contribution in [1.82, 2.24) is 9.97 Å². The van der Waals surface area contributed by atoms with Crippen LogP contribution >= 0.6 is 0 Å². The lowest BCUT2D eigenvalue weighted by Gasteiger charge is -2.18. The van der Waals surface area contributed by atoms with Crippen molar-refractivity contribution >= 4 is 5.69 Å². The maximum absolute atomic E-state index is 13.0. The molecule has 0 spiro atoms. The molecule has 0 saturated carbocycles. The Morgan fingerprint density at radius 1 is 1.10 bits per heavy atom. The number of aryl methyl sites for hydroxylation is 2. The topological polar surface area (TPSA) is 29.0 Å². The van der Waals surface area contributed by atoms with E-state index in [2.05, 4.69) is 14.9 Å². The molecule has 3 nitrogen and oxygen atoms in total.